The minimum Gasteiger partial charge on any atom is -0.481 e. The van der Waals surface area contributed by atoms with Crippen LogP contribution in [-0.2, 0) is 11.2 Å². The van der Waals surface area contributed by atoms with E-state index in [9.17, 15) is 14.3 Å². The Labute approximate surface area is 120 Å². The Morgan fingerprint density at radius 2 is 2.30 bits per heavy atom. The van der Waals surface area contributed by atoms with E-state index >= 15 is 0 Å². The summed E-state index contributed by atoms with van der Waals surface area (Å²) in [5.41, 5.74) is 1.94. The van der Waals surface area contributed by atoms with Gasteiger partial charge in [-0.2, -0.15) is 0 Å². The number of hydrogen-bond acceptors (Lipinski definition) is 3. The van der Waals surface area contributed by atoms with E-state index in [2.05, 4.69) is 4.98 Å². The molecule has 1 N–H and O–H groups in total. The molecule has 20 heavy (non-hydrogen) atoms. The number of nitrogens with zero attached hydrogens (tertiary/aromatic N) is 1. The van der Waals surface area contributed by atoms with Gasteiger partial charge in [-0.15, -0.1) is 11.3 Å². The predicted octanol–water partition coefficient (Wildman–Crippen LogP) is 3.76. The minimum atomic E-state index is -0.841. The molecule has 0 radical (unpaired) electrons. The lowest BCUT2D eigenvalue weighted by Crippen LogP contribution is -2.17. The third-order valence-corrected chi connectivity index (χ3v) is 4.77. The number of hydrogen-bond donors (Lipinski definition) is 1. The number of halogens is 1. The highest BCUT2D eigenvalue weighted by Crippen LogP contribution is 2.39. The molecule has 3 nitrogen and oxygen atoms in total. The first kappa shape index (κ1) is 13.2. The van der Waals surface area contributed by atoms with E-state index in [0.717, 1.165) is 23.3 Å². The van der Waals surface area contributed by atoms with E-state index in [0.29, 0.717) is 22.7 Å². The van der Waals surface area contributed by atoms with Gasteiger partial charge in [0.2, 0.25) is 0 Å². The van der Waals surface area contributed by atoms with Gasteiger partial charge in [-0.25, -0.2) is 9.37 Å². The molecule has 104 valence electrons. The molecular formula is C15H14FNO2S. The van der Waals surface area contributed by atoms with Crippen LogP contribution in [-0.4, -0.2) is 16.1 Å². The van der Waals surface area contributed by atoms with Crippen LogP contribution in [0.3, 0.4) is 0 Å². The normalized spacial score (nSPS) is 17.8. The average molecular weight is 291 g/mol. The molecule has 0 bridgehead atoms. The first-order chi connectivity index (χ1) is 9.56. The predicted molar refractivity (Wildman–Crippen MR) is 75.6 cm³/mol. The van der Waals surface area contributed by atoms with Crippen molar-refractivity contribution in [3.8, 4) is 10.6 Å². The van der Waals surface area contributed by atoms with Crippen LogP contribution >= 0.6 is 11.3 Å². The first-order valence-corrected chi connectivity index (χ1v) is 7.37. The summed E-state index contributed by atoms with van der Waals surface area (Å²) in [6, 6.07) is 5.03. The highest BCUT2D eigenvalue weighted by atomic mass is 32.1. The molecule has 1 aliphatic carbocycles. The van der Waals surface area contributed by atoms with Crippen LogP contribution in [0.5, 0.6) is 0 Å². The Morgan fingerprint density at radius 1 is 1.50 bits per heavy atom. The topological polar surface area (TPSA) is 50.2 Å². The summed E-state index contributed by atoms with van der Waals surface area (Å²) in [4.78, 5) is 16.7. The highest BCUT2D eigenvalue weighted by Gasteiger charge is 2.30. The van der Waals surface area contributed by atoms with Crippen molar-refractivity contribution in [1.82, 2.24) is 4.98 Å². The molecular weight excluding hydrogens is 277 g/mol. The molecule has 5 heteroatoms. The second kappa shape index (κ2) is 4.98. The fourth-order valence-electron chi connectivity index (χ4n) is 2.57. The van der Waals surface area contributed by atoms with Gasteiger partial charge in [0, 0.05) is 10.4 Å². The van der Waals surface area contributed by atoms with Gasteiger partial charge in [0.15, 0.2) is 0 Å². The zero-order chi connectivity index (χ0) is 14.3. The number of carbonyl (C=O) groups is 1. The lowest BCUT2D eigenvalue weighted by atomic mass is 9.91. The summed E-state index contributed by atoms with van der Waals surface area (Å²) >= 11 is 1.42. The molecule has 0 amide bonds. The number of benzene rings is 1. The smallest absolute Gasteiger partial charge is 0.312 e. The van der Waals surface area contributed by atoms with Crippen molar-refractivity contribution in [3.05, 3.63) is 40.2 Å². The zero-order valence-corrected chi connectivity index (χ0v) is 11.8. The quantitative estimate of drug-likeness (QED) is 0.916. The maximum absolute atomic E-state index is 14.0. The first-order valence-electron chi connectivity index (χ1n) is 6.55. The fraction of sp³-hybridized carbons (Fsp3) is 0.333. The molecule has 0 aliphatic heterocycles. The van der Waals surface area contributed by atoms with Crippen molar-refractivity contribution in [2.45, 2.75) is 32.1 Å². The lowest BCUT2D eigenvalue weighted by Gasteiger charge is -2.16. The van der Waals surface area contributed by atoms with Gasteiger partial charge in [0.05, 0.1) is 11.6 Å². The van der Waals surface area contributed by atoms with Crippen molar-refractivity contribution < 1.29 is 14.3 Å². The van der Waals surface area contributed by atoms with Gasteiger partial charge < -0.3 is 5.11 Å². The van der Waals surface area contributed by atoms with E-state index in [1.807, 2.05) is 13.0 Å². The van der Waals surface area contributed by atoms with Crippen LogP contribution in [0.25, 0.3) is 10.6 Å². The second-order valence-corrected chi connectivity index (χ2v) is 6.18. The standard InChI is InChI=1S/C15H14FNO2S/c1-8-5-6-9(11(16)7-8)14-17-13-10(15(18)19)3-2-4-12(13)20-14/h5-7,10H,2-4H2,1H3,(H,18,19). The summed E-state index contributed by atoms with van der Waals surface area (Å²) in [6.07, 6.45) is 2.30. The molecule has 0 saturated carbocycles. The van der Waals surface area contributed by atoms with Gasteiger partial charge in [0.25, 0.3) is 0 Å². The van der Waals surface area contributed by atoms with Crippen molar-refractivity contribution >= 4 is 17.3 Å². The van der Waals surface area contributed by atoms with E-state index in [1.54, 1.807) is 6.07 Å². The summed E-state index contributed by atoms with van der Waals surface area (Å²) in [5.74, 6) is -1.69. The average Bonchev–Trinajstić information content (AvgIpc) is 2.81. The maximum atomic E-state index is 14.0. The SMILES string of the molecule is Cc1ccc(-c2nc3c(s2)CCCC3C(=O)O)c(F)c1. The zero-order valence-electron chi connectivity index (χ0n) is 11.0. The molecule has 0 saturated heterocycles. The molecule has 1 atom stereocenters. The molecule has 0 fully saturated rings. The Morgan fingerprint density at radius 3 is 3.00 bits per heavy atom. The van der Waals surface area contributed by atoms with Crippen molar-refractivity contribution in [2.75, 3.05) is 0 Å². The van der Waals surface area contributed by atoms with E-state index in [1.165, 1.54) is 17.4 Å². The molecule has 3 rings (SSSR count). The molecule has 0 spiro atoms. The van der Waals surface area contributed by atoms with Gasteiger partial charge in [0.1, 0.15) is 10.8 Å². The number of aromatic nitrogens is 1. The Hall–Kier alpha value is -1.75. The monoisotopic (exact) mass is 291 g/mol. The number of aliphatic carboxylic acids is 1. The third-order valence-electron chi connectivity index (χ3n) is 3.61. The van der Waals surface area contributed by atoms with Crippen LogP contribution in [0, 0.1) is 12.7 Å². The number of aryl methyl sites for hydroxylation is 2. The molecule has 1 aromatic carbocycles. The van der Waals surface area contributed by atoms with Gasteiger partial charge >= 0.3 is 5.97 Å². The number of fused-ring (bicyclic) bond motifs is 1. The van der Waals surface area contributed by atoms with Gasteiger partial charge in [-0.3, -0.25) is 4.79 Å². The Balaban J connectivity index is 2.07. The number of carboxylic acid groups (broad SMARTS) is 1. The maximum Gasteiger partial charge on any atom is 0.312 e. The van der Waals surface area contributed by atoms with Crippen LogP contribution in [0.4, 0.5) is 4.39 Å². The summed E-state index contributed by atoms with van der Waals surface area (Å²) in [6.45, 7) is 1.83. The molecule has 1 heterocycles. The van der Waals surface area contributed by atoms with Crippen LogP contribution < -0.4 is 0 Å². The number of rotatable bonds is 2. The van der Waals surface area contributed by atoms with Crippen LogP contribution in [0.1, 0.15) is 34.9 Å². The summed E-state index contributed by atoms with van der Waals surface area (Å²) < 4.78 is 14.0. The van der Waals surface area contributed by atoms with Crippen LogP contribution in [0.15, 0.2) is 18.2 Å². The van der Waals surface area contributed by atoms with Crippen molar-refractivity contribution in [2.24, 2.45) is 0 Å². The van der Waals surface area contributed by atoms with E-state index < -0.39 is 11.9 Å². The molecule has 1 aromatic heterocycles. The van der Waals surface area contributed by atoms with E-state index in [-0.39, 0.29) is 5.82 Å². The number of thiazole rings is 1. The van der Waals surface area contributed by atoms with E-state index in [4.69, 9.17) is 0 Å². The lowest BCUT2D eigenvalue weighted by molar-refractivity contribution is -0.139. The molecule has 1 unspecified atom stereocenters. The van der Waals surface area contributed by atoms with Crippen molar-refractivity contribution in [1.29, 1.82) is 0 Å². The molecule has 1 aliphatic rings. The largest absolute Gasteiger partial charge is 0.481 e. The van der Waals surface area contributed by atoms with Crippen molar-refractivity contribution in [3.63, 3.8) is 0 Å². The Bertz CT molecular complexity index is 681. The second-order valence-electron chi connectivity index (χ2n) is 5.09. The third kappa shape index (κ3) is 2.22. The van der Waals surface area contributed by atoms with Gasteiger partial charge in [-0.1, -0.05) is 6.07 Å². The fourth-order valence-corrected chi connectivity index (χ4v) is 3.76. The van der Waals surface area contributed by atoms with Crippen LogP contribution in [0.2, 0.25) is 0 Å². The minimum absolute atomic E-state index is 0.303. The van der Waals surface area contributed by atoms with Gasteiger partial charge in [-0.05, 0) is 43.9 Å². The number of carboxylic acids is 1. The molecule has 2 aromatic rings. The summed E-state index contributed by atoms with van der Waals surface area (Å²) in [5, 5.41) is 9.83. The Kier molecular flexibility index (Phi) is 3.30. The summed E-state index contributed by atoms with van der Waals surface area (Å²) in [7, 11) is 0. The highest BCUT2D eigenvalue weighted by molar-refractivity contribution is 7.15.